The van der Waals surface area contributed by atoms with Crippen LogP contribution in [0.5, 0.6) is 0 Å². The highest BCUT2D eigenvalue weighted by molar-refractivity contribution is 7.86. The molecule has 1 aliphatic heterocycles. The highest BCUT2D eigenvalue weighted by atomic mass is 32.2. The van der Waals surface area contributed by atoms with E-state index in [9.17, 15) is 8.42 Å². The largest absolute Gasteiger partial charge is 0.304 e. The van der Waals surface area contributed by atoms with Crippen LogP contribution in [0.4, 0.5) is 0 Å². The summed E-state index contributed by atoms with van der Waals surface area (Å²) in [4.78, 5) is 8.96. The van der Waals surface area contributed by atoms with Gasteiger partial charge in [-0.2, -0.15) is 17.0 Å². The summed E-state index contributed by atoms with van der Waals surface area (Å²) in [6.45, 7) is 4.98. The Morgan fingerprint density at radius 3 is 2.68 bits per heavy atom. The fourth-order valence-corrected chi connectivity index (χ4v) is 4.50. The molecule has 1 saturated heterocycles. The van der Waals surface area contributed by atoms with Crippen LogP contribution in [0.1, 0.15) is 36.0 Å². The van der Waals surface area contributed by atoms with Crippen molar-refractivity contribution in [3.05, 3.63) is 41.7 Å². The predicted octanol–water partition coefficient (Wildman–Crippen LogP) is 1.87. The number of rotatable bonds is 4. The topological polar surface area (TPSA) is 71.3 Å². The molecular weight excluding hydrogens is 338 g/mol. The number of hydrogen-bond donors (Lipinski definition) is 0. The summed E-state index contributed by atoms with van der Waals surface area (Å²) in [5, 5.41) is 0. The lowest BCUT2D eigenvalue weighted by molar-refractivity contribution is 0.296. The van der Waals surface area contributed by atoms with Crippen LogP contribution >= 0.6 is 0 Å². The predicted molar refractivity (Wildman–Crippen MR) is 97.0 cm³/mol. The van der Waals surface area contributed by atoms with E-state index in [0.29, 0.717) is 13.1 Å². The first-order valence-corrected chi connectivity index (χ1v) is 9.85. The van der Waals surface area contributed by atoms with Crippen molar-refractivity contribution in [2.75, 3.05) is 27.2 Å². The molecule has 7 nitrogen and oxygen atoms in total. The third-order valence-corrected chi connectivity index (χ3v) is 6.54. The Labute approximate surface area is 149 Å². The summed E-state index contributed by atoms with van der Waals surface area (Å²) < 4.78 is 29.7. The van der Waals surface area contributed by atoms with Gasteiger partial charge in [-0.1, -0.05) is 0 Å². The minimum Gasteiger partial charge on any atom is -0.304 e. The maximum absolute atomic E-state index is 12.4. The molecule has 0 unspecified atom stereocenters. The van der Waals surface area contributed by atoms with E-state index in [0.717, 1.165) is 35.7 Å². The van der Waals surface area contributed by atoms with Gasteiger partial charge in [-0.3, -0.25) is 4.98 Å². The summed E-state index contributed by atoms with van der Waals surface area (Å²) in [6.07, 6.45) is 5.57. The fourth-order valence-electron chi connectivity index (χ4n) is 3.31. The maximum atomic E-state index is 12.4. The zero-order valence-corrected chi connectivity index (χ0v) is 16.0. The number of aromatic nitrogens is 3. The lowest BCUT2D eigenvalue weighted by Gasteiger charge is -2.33. The molecule has 2 aromatic rings. The quantitative estimate of drug-likeness (QED) is 0.831. The van der Waals surface area contributed by atoms with Crippen LogP contribution in [-0.2, 0) is 10.2 Å². The van der Waals surface area contributed by atoms with Crippen LogP contribution < -0.4 is 0 Å². The Morgan fingerprint density at radius 1 is 1.28 bits per heavy atom. The molecule has 0 spiro atoms. The highest BCUT2D eigenvalue weighted by Gasteiger charge is 2.31. The average Bonchev–Trinajstić information content (AvgIpc) is 2.93. The number of hydrogen-bond acceptors (Lipinski definition) is 4. The van der Waals surface area contributed by atoms with Gasteiger partial charge in [0.1, 0.15) is 5.82 Å². The van der Waals surface area contributed by atoms with Crippen LogP contribution in [-0.4, -0.2) is 58.7 Å². The first-order chi connectivity index (χ1) is 11.8. The smallest absolute Gasteiger partial charge is 0.281 e. The number of pyridine rings is 1. The third kappa shape index (κ3) is 3.61. The van der Waals surface area contributed by atoms with Gasteiger partial charge < -0.3 is 4.57 Å². The van der Waals surface area contributed by atoms with Crippen molar-refractivity contribution in [2.45, 2.75) is 32.6 Å². The third-order valence-electron chi connectivity index (χ3n) is 4.64. The molecule has 8 heteroatoms. The summed E-state index contributed by atoms with van der Waals surface area (Å²) in [6, 6.07) is 4.00. The molecule has 1 fully saturated rings. The van der Waals surface area contributed by atoms with Crippen LogP contribution in [0.25, 0.3) is 5.69 Å². The highest BCUT2D eigenvalue weighted by Crippen LogP contribution is 2.28. The summed E-state index contributed by atoms with van der Waals surface area (Å²) >= 11 is 0. The van der Waals surface area contributed by atoms with Gasteiger partial charge in [0.25, 0.3) is 10.2 Å². The van der Waals surface area contributed by atoms with Gasteiger partial charge in [0.15, 0.2) is 0 Å². The van der Waals surface area contributed by atoms with Gasteiger partial charge in [-0.25, -0.2) is 4.98 Å². The first kappa shape index (κ1) is 18.0. The first-order valence-electron chi connectivity index (χ1n) is 8.45. The second-order valence-corrected chi connectivity index (χ2v) is 8.87. The van der Waals surface area contributed by atoms with Gasteiger partial charge in [0.05, 0.1) is 11.4 Å². The maximum Gasteiger partial charge on any atom is 0.281 e. The van der Waals surface area contributed by atoms with Crippen molar-refractivity contribution in [2.24, 2.45) is 0 Å². The molecule has 3 rings (SSSR count). The Morgan fingerprint density at radius 2 is 2.04 bits per heavy atom. The van der Waals surface area contributed by atoms with Crippen molar-refractivity contribution in [1.29, 1.82) is 0 Å². The van der Waals surface area contributed by atoms with Crippen molar-refractivity contribution >= 4 is 10.2 Å². The average molecular weight is 363 g/mol. The van der Waals surface area contributed by atoms with Crippen LogP contribution in [0.15, 0.2) is 24.5 Å². The molecule has 2 aromatic heterocycles. The Bertz CT molecular complexity index is 860. The second kappa shape index (κ2) is 6.86. The molecule has 0 aliphatic carbocycles. The van der Waals surface area contributed by atoms with E-state index >= 15 is 0 Å². The summed E-state index contributed by atoms with van der Waals surface area (Å²) in [5.41, 5.74) is 2.91. The number of piperidine rings is 1. The molecule has 0 aromatic carbocycles. The van der Waals surface area contributed by atoms with Gasteiger partial charge in [-0.15, -0.1) is 0 Å². The summed E-state index contributed by atoms with van der Waals surface area (Å²) in [5.74, 6) is 1.03. The van der Waals surface area contributed by atoms with Gasteiger partial charge in [0.2, 0.25) is 0 Å². The van der Waals surface area contributed by atoms with Crippen molar-refractivity contribution in [1.82, 2.24) is 23.1 Å². The molecule has 0 N–H and O–H groups in total. The van der Waals surface area contributed by atoms with Gasteiger partial charge >= 0.3 is 0 Å². The zero-order valence-electron chi connectivity index (χ0n) is 15.2. The van der Waals surface area contributed by atoms with E-state index < -0.39 is 10.2 Å². The number of imidazole rings is 1. The Hall–Kier alpha value is -1.77. The fraction of sp³-hybridized carbons (Fsp3) is 0.529. The zero-order chi connectivity index (χ0) is 18.2. The standard InChI is InChI=1S/C17H25N5O2S/c1-13-11-22(14(2)19-13)16-7-8-18-17(10-16)15-6-5-9-21(12-15)25(23,24)20(3)4/h7-8,10-11,15H,5-6,9,12H2,1-4H3/t15-/m0/s1. The van der Waals surface area contributed by atoms with Crippen LogP contribution in [0, 0.1) is 13.8 Å². The SMILES string of the molecule is Cc1cn(-c2ccnc([C@H]3CCCN(S(=O)(=O)N(C)C)C3)c2)c(C)n1. The van der Waals surface area contributed by atoms with Crippen molar-refractivity contribution in [3.8, 4) is 5.69 Å². The number of nitrogens with zero attached hydrogens (tertiary/aromatic N) is 5. The van der Waals surface area contributed by atoms with E-state index in [4.69, 9.17) is 0 Å². The molecule has 0 radical (unpaired) electrons. The molecule has 25 heavy (non-hydrogen) atoms. The van der Waals surface area contributed by atoms with E-state index in [1.165, 1.54) is 4.31 Å². The van der Waals surface area contributed by atoms with Crippen LogP contribution in [0.2, 0.25) is 0 Å². The minimum absolute atomic E-state index is 0.105. The molecule has 3 heterocycles. The van der Waals surface area contributed by atoms with Gasteiger partial charge in [0, 0.05) is 51.2 Å². The lowest BCUT2D eigenvalue weighted by Crippen LogP contribution is -2.45. The molecule has 1 aliphatic rings. The molecule has 0 amide bonds. The summed E-state index contributed by atoms with van der Waals surface area (Å²) in [7, 11) is -0.240. The van der Waals surface area contributed by atoms with E-state index in [-0.39, 0.29) is 5.92 Å². The molecule has 0 saturated carbocycles. The molecular formula is C17H25N5O2S. The van der Waals surface area contributed by atoms with E-state index in [1.54, 1.807) is 24.6 Å². The monoisotopic (exact) mass is 363 g/mol. The van der Waals surface area contributed by atoms with Gasteiger partial charge in [-0.05, 0) is 38.8 Å². The second-order valence-electron chi connectivity index (χ2n) is 6.73. The minimum atomic E-state index is -3.38. The normalized spacial score (nSPS) is 19.5. The molecule has 0 bridgehead atoms. The Kier molecular flexibility index (Phi) is 4.95. The lowest BCUT2D eigenvalue weighted by atomic mass is 9.95. The van der Waals surface area contributed by atoms with Crippen LogP contribution in [0.3, 0.4) is 0 Å². The Balaban J connectivity index is 1.87. The molecule has 1 atom stereocenters. The van der Waals surface area contributed by atoms with Crippen molar-refractivity contribution in [3.63, 3.8) is 0 Å². The van der Waals surface area contributed by atoms with E-state index in [2.05, 4.69) is 9.97 Å². The van der Waals surface area contributed by atoms with E-state index in [1.807, 2.05) is 36.7 Å². The molecule has 136 valence electrons. The number of aryl methyl sites for hydroxylation is 2. The van der Waals surface area contributed by atoms with Crippen molar-refractivity contribution < 1.29 is 8.42 Å².